The van der Waals surface area contributed by atoms with E-state index in [1.165, 1.54) is 18.6 Å². The van der Waals surface area contributed by atoms with E-state index < -0.39 is 0 Å². The highest BCUT2D eigenvalue weighted by Gasteiger charge is 2.19. The second-order valence-electron chi connectivity index (χ2n) is 3.80. The van der Waals surface area contributed by atoms with Gasteiger partial charge in [0.15, 0.2) is 5.82 Å². The Morgan fingerprint density at radius 3 is 3.27 bits per heavy atom. The van der Waals surface area contributed by atoms with Crippen LogP contribution in [-0.2, 0) is 12.8 Å². The number of nitrogens with one attached hydrogen (secondary N) is 1. The first-order valence-electron chi connectivity index (χ1n) is 5.46. The molecule has 0 saturated carbocycles. The highest BCUT2D eigenvalue weighted by Crippen LogP contribution is 2.28. The monoisotopic (exact) mass is 227 g/mol. The van der Waals surface area contributed by atoms with Crippen molar-refractivity contribution in [1.29, 1.82) is 0 Å². The van der Waals surface area contributed by atoms with Crippen LogP contribution in [-0.4, -0.2) is 34.7 Å². The minimum Gasteiger partial charge on any atom is -0.339 e. The van der Waals surface area contributed by atoms with Gasteiger partial charge in [0.05, 0.1) is 0 Å². The first kappa shape index (κ1) is 11.0. The van der Waals surface area contributed by atoms with Gasteiger partial charge in [-0.1, -0.05) is 5.16 Å². The van der Waals surface area contributed by atoms with Crippen molar-refractivity contribution >= 4 is 11.8 Å². The van der Waals surface area contributed by atoms with Gasteiger partial charge in [-0.05, 0) is 25.6 Å². The second-order valence-corrected chi connectivity index (χ2v) is 5.21. The molecule has 0 amide bonds. The molecule has 15 heavy (non-hydrogen) atoms. The number of hydrogen-bond donors (Lipinski definition) is 1. The molecule has 1 aromatic heterocycles. The van der Waals surface area contributed by atoms with Gasteiger partial charge >= 0.3 is 0 Å². The predicted molar refractivity (Wildman–Crippen MR) is 61.1 cm³/mol. The van der Waals surface area contributed by atoms with Crippen molar-refractivity contribution in [3.8, 4) is 0 Å². The summed E-state index contributed by atoms with van der Waals surface area (Å²) >= 11 is 2.02. The summed E-state index contributed by atoms with van der Waals surface area (Å²) in [6, 6.07) is 0. The minimum absolute atomic E-state index is 0.697. The van der Waals surface area contributed by atoms with Crippen molar-refractivity contribution in [2.24, 2.45) is 0 Å². The van der Waals surface area contributed by atoms with Crippen molar-refractivity contribution in [2.75, 3.05) is 19.3 Å². The largest absolute Gasteiger partial charge is 0.339 e. The number of thioether (sulfide) groups is 1. The summed E-state index contributed by atoms with van der Waals surface area (Å²) in [4.78, 5) is 4.38. The Morgan fingerprint density at radius 1 is 1.60 bits per heavy atom. The molecule has 1 atom stereocenters. The molecule has 0 aromatic carbocycles. The van der Waals surface area contributed by atoms with Gasteiger partial charge in [-0.3, -0.25) is 0 Å². The highest BCUT2D eigenvalue weighted by atomic mass is 32.2. The van der Waals surface area contributed by atoms with Gasteiger partial charge in [0.1, 0.15) is 0 Å². The minimum atomic E-state index is 0.697. The number of hydrogen-bond acceptors (Lipinski definition) is 5. The van der Waals surface area contributed by atoms with E-state index in [-0.39, 0.29) is 0 Å². The standard InChI is InChI=1S/C10H17N3OS/c1-11-5-4-9-12-10(14-13-9)7-8-3-2-6-15-8/h8,11H,2-7H2,1H3. The van der Waals surface area contributed by atoms with Crippen LogP contribution in [0.25, 0.3) is 0 Å². The van der Waals surface area contributed by atoms with Crippen LogP contribution in [0.2, 0.25) is 0 Å². The van der Waals surface area contributed by atoms with E-state index in [2.05, 4.69) is 15.5 Å². The van der Waals surface area contributed by atoms with Crippen LogP contribution in [0.3, 0.4) is 0 Å². The van der Waals surface area contributed by atoms with Crippen molar-refractivity contribution < 1.29 is 4.52 Å². The Hall–Kier alpha value is -0.550. The van der Waals surface area contributed by atoms with E-state index in [0.29, 0.717) is 5.25 Å². The molecule has 5 heteroatoms. The summed E-state index contributed by atoms with van der Waals surface area (Å²) in [5, 5.41) is 7.73. The molecule has 0 aliphatic carbocycles. The van der Waals surface area contributed by atoms with Crippen molar-refractivity contribution in [1.82, 2.24) is 15.5 Å². The van der Waals surface area contributed by atoms with Crippen molar-refractivity contribution in [2.45, 2.75) is 30.9 Å². The van der Waals surface area contributed by atoms with Crippen LogP contribution in [0.5, 0.6) is 0 Å². The van der Waals surface area contributed by atoms with E-state index >= 15 is 0 Å². The molecule has 1 aliphatic rings. The zero-order chi connectivity index (χ0) is 10.5. The van der Waals surface area contributed by atoms with E-state index in [0.717, 1.165) is 31.1 Å². The van der Waals surface area contributed by atoms with Gasteiger partial charge in [0.25, 0.3) is 0 Å². The molecule has 0 spiro atoms. The number of rotatable bonds is 5. The predicted octanol–water partition coefficient (Wildman–Crippen LogP) is 1.27. The van der Waals surface area contributed by atoms with Gasteiger partial charge in [0, 0.05) is 24.6 Å². The molecule has 1 aromatic rings. The van der Waals surface area contributed by atoms with Crippen LogP contribution >= 0.6 is 11.8 Å². The third-order valence-corrected chi connectivity index (χ3v) is 3.93. The maximum Gasteiger partial charge on any atom is 0.227 e. The molecule has 2 heterocycles. The van der Waals surface area contributed by atoms with Crippen LogP contribution in [0.1, 0.15) is 24.6 Å². The van der Waals surface area contributed by atoms with Crippen molar-refractivity contribution in [3.63, 3.8) is 0 Å². The smallest absolute Gasteiger partial charge is 0.227 e. The fourth-order valence-corrected chi connectivity index (χ4v) is 2.97. The van der Waals surface area contributed by atoms with E-state index in [1.54, 1.807) is 0 Å². The fourth-order valence-electron chi connectivity index (χ4n) is 1.71. The normalized spacial score (nSPS) is 21.0. The third kappa shape index (κ3) is 3.21. The average Bonchev–Trinajstić information content (AvgIpc) is 2.87. The average molecular weight is 227 g/mol. The summed E-state index contributed by atoms with van der Waals surface area (Å²) in [7, 11) is 1.93. The SMILES string of the molecule is CNCCc1noc(CC2CCCS2)n1. The summed E-state index contributed by atoms with van der Waals surface area (Å²) in [6.45, 7) is 0.900. The van der Waals surface area contributed by atoms with E-state index in [1.807, 2.05) is 18.8 Å². The number of nitrogens with zero attached hydrogens (tertiary/aromatic N) is 2. The second kappa shape index (κ2) is 5.51. The fraction of sp³-hybridized carbons (Fsp3) is 0.800. The zero-order valence-electron chi connectivity index (χ0n) is 9.03. The summed E-state index contributed by atoms with van der Waals surface area (Å²) in [6.07, 6.45) is 4.41. The molecular formula is C10H17N3OS. The molecule has 1 N–H and O–H groups in total. The number of aromatic nitrogens is 2. The molecule has 0 radical (unpaired) electrons. The first-order chi connectivity index (χ1) is 7.38. The Bertz CT molecular complexity index is 297. The number of likely N-dealkylation sites (N-methyl/N-ethyl adjacent to an activating group) is 1. The highest BCUT2D eigenvalue weighted by molar-refractivity contribution is 8.00. The summed E-state index contributed by atoms with van der Waals surface area (Å²) in [5.41, 5.74) is 0. The lowest BCUT2D eigenvalue weighted by atomic mass is 10.2. The molecule has 1 saturated heterocycles. The maximum atomic E-state index is 5.22. The van der Waals surface area contributed by atoms with E-state index in [4.69, 9.17) is 4.52 Å². The summed E-state index contributed by atoms with van der Waals surface area (Å²) in [5.74, 6) is 2.91. The molecule has 0 bridgehead atoms. The molecule has 1 fully saturated rings. The lowest BCUT2D eigenvalue weighted by molar-refractivity contribution is 0.371. The Balaban J connectivity index is 1.83. The lowest BCUT2D eigenvalue weighted by Crippen LogP contribution is -2.11. The molecule has 2 rings (SSSR count). The van der Waals surface area contributed by atoms with Crippen LogP contribution in [0.15, 0.2) is 4.52 Å². The molecule has 4 nitrogen and oxygen atoms in total. The van der Waals surface area contributed by atoms with Gasteiger partial charge in [-0.25, -0.2) is 0 Å². The Morgan fingerprint density at radius 2 is 2.53 bits per heavy atom. The van der Waals surface area contributed by atoms with Crippen LogP contribution < -0.4 is 5.32 Å². The quantitative estimate of drug-likeness (QED) is 0.821. The lowest BCUT2D eigenvalue weighted by Gasteiger charge is -2.02. The first-order valence-corrected chi connectivity index (χ1v) is 6.51. The topological polar surface area (TPSA) is 51.0 Å². The van der Waals surface area contributed by atoms with Crippen molar-refractivity contribution in [3.05, 3.63) is 11.7 Å². The molecule has 84 valence electrons. The van der Waals surface area contributed by atoms with Gasteiger partial charge in [-0.15, -0.1) is 0 Å². The van der Waals surface area contributed by atoms with Crippen LogP contribution in [0, 0.1) is 0 Å². The van der Waals surface area contributed by atoms with Gasteiger partial charge in [0.2, 0.25) is 5.89 Å². The third-order valence-electron chi connectivity index (χ3n) is 2.54. The van der Waals surface area contributed by atoms with Gasteiger partial charge < -0.3 is 9.84 Å². The molecular weight excluding hydrogens is 210 g/mol. The Labute approximate surface area is 94.2 Å². The zero-order valence-corrected chi connectivity index (χ0v) is 9.85. The molecule has 1 aliphatic heterocycles. The van der Waals surface area contributed by atoms with E-state index in [9.17, 15) is 0 Å². The molecule has 1 unspecified atom stereocenters. The van der Waals surface area contributed by atoms with Crippen LogP contribution in [0.4, 0.5) is 0 Å². The summed E-state index contributed by atoms with van der Waals surface area (Å²) < 4.78 is 5.22. The Kier molecular flexibility index (Phi) is 4.02. The van der Waals surface area contributed by atoms with Gasteiger partial charge in [-0.2, -0.15) is 16.7 Å². The maximum absolute atomic E-state index is 5.22.